The molecule has 7 heteroatoms. The Hall–Kier alpha value is -2.38. The van der Waals surface area contributed by atoms with Crippen LogP contribution in [0.4, 0.5) is 0 Å². The molecule has 0 aliphatic heterocycles. The van der Waals surface area contributed by atoms with Gasteiger partial charge in [0.05, 0.1) is 4.88 Å². The van der Waals surface area contributed by atoms with Crippen LogP contribution < -0.4 is 5.63 Å². The molecule has 0 atom stereocenters. The molecule has 0 unspecified atom stereocenters. The Balaban J connectivity index is 1.66. The largest absolute Gasteiger partial charge is 0.423 e. The van der Waals surface area contributed by atoms with Gasteiger partial charge in [-0.05, 0) is 42.5 Å². The summed E-state index contributed by atoms with van der Waals surface area (Å²) in [5.41, 5.74) is 2.32. The minimum atomic E-state index is -0.324. The van der Waals surface area contributed by atoms with Crippen molar-refractivity contribution in [2.75, 3.05) is 0 Å². The molecule has 0 spiro atoms. The van der Waals surface area contributed by atoms with E-state index in [0.29, 0.717) is 11.3 Å². The maximum absolute atomic E-state index is 11.9. The number of thiophene rings is 1. The summed E-state index contributed by atoms with van der Waals surface area (Å²) in [5, 5.41) is 12.6. The number of aromatic nitrogens is 3. The molecular formula is C19H17N3O2S2. The summed E-state index contributed by atoms with van der Waals surface area (Å²) in [5.74, 6) is 1.52. The first kappa shape index (κ1) is 17.1. The highest BCUT2D eigenvalue weighted by molar-refractivity contribution is 7.98. The lowest BCUT2D eigenvalue weighted by Crippen LogP contribution is -2.02. The van der Waals surface area contributed by atoms with E-state index in [9.17, 15) is 4.79 Å². The molecule has 0 saturated carbocycles. The van der Waals surface area contributed by atoms with Crippen molar-refractivity contribution in [1.29, 1.82) is 0 Å². The second-order valence-corrected chi connectivity index (χ2v) is 7.80. The van der Waals surface area contributed by atoms with Crippen molar-refractivity contribution in [1.82, 2.24) is 14.8 Å². The first-order valence-corrected chi connectivity index (χ1v) is 10.2. The quantitative estimate of drug-likeness (QED) is 0.368. The summed E-state index contributed by atoms with van der Waals surface area (Å²) in [6, 6.07) is 11.6. The lowest BCUT2D eigenvalue weighted by atomic mass is 10.1. The van der Waals surface area contributed by atoms with Gasteiger partial charge in [-0.25, -0.2) is 4.79 Å². The molecule has 0 aliphatic rings. The van der Waals surface area contributed by atoms with E-state index in [1.54, 1.807) is 29.2 Å². The fourth-order valence-electron chi connectivity index (χ4n) is 2.87. The lowest BCUT2D eigenvalue weighted by Gasteiger charge is -2.08. The molecular weight excluding hydrogens is 366 g/mol. The molecule has 0 N–H and O–H groups in total. The number of fused-ring (bicyclic) bond motifs is 1. The molecule has 3 heterocycles. The molecule has 4 aromatic rings. The molecule has 0 aliphatic carbocycles. The van der Waals surface area contributed by atoms with Crippen molar-refractivity contribution >= 4 is 34.1 Å². The summed E-state index contributed by atoms with van der Waals surface area (Å²) in [7, 11) is 0. The molecule has 1 aromatic carbocycles. The van der Waals surface area contributed by atoms with Gasteiger partial charge in [0, 0.05) is 23.8 Å². The summed E-state index contributed by atoms with van der Waals surface area (Å²) < 4.78 is 7.44. The van der Waals surface area contributed by atoms with Crippen molar-refractivity contribution in [3.63, 3.8) is 0 Å². The second-order valence-electron chi connectivity index (χ2n) is 5.91. The smallest absolute Gasteiger partial charge is 0.336 e. The average molecular weight is 383 g/mol. The molecule has 0 fully saturated rings. The number of aryl methyl sites for hydroxylation is 1. The second kappa shape index (κ2) is 7.09. The number of rotatable bonds is 5. The van der Waals surface area contributed by atoms with Crippen LogP contribution in [-0.2, 0) is 12.3 Å². The molecule has 3 aromatic heterocycles. The van der Waals surface area contributed by atoms with E-state index in [1.165, 1.54) is 0 Å². The van der Waals surface area contributed by atoms with Crippen LogP contribution in [0.25, 0.3) is 21.7 Å². The summed E-state index contributed by atoms with van der Waals surface area (Å²) >= 11 is 3.24. The van der Waals surface area contributed by atoms with Crippen LogP contribution in [0.1, 0.15) is 18.1 Å². The molecule has 0 amide bonds. The predicted octanol–water partition coefficient (Wildman–Crippen LogP) is 4.73. The van der Waals surface area contributed by atoms with Gasteiger partial charge in [-0.3, -0.25) is 0 Å². The molecule has 132 valence electrons. The van der Waals surface area contributed by atoms with Crippen LogP contribution in [0, 0.1) is 6.92 Å². The van der Waals surface area contributed by atoms with E-state index < -0.39 is 0 Å². The first-order valence-electron chi connectivity index (χ1n) is 8.29. The zero-order valence-electron chi connectivity index (χ0n) is 14.4. The maximum atomic E-state index is 11.9. The number of hydrogen-bond acceptors (Lipinski definition) is 6. The van der Waals surface area contributed by atoms with Gasteiger partial charge < -0.3 is 8.98 Å². The third-order valence-corrected chi connectivity index (χ3v) is 6.00. The Kier molecular flexibility index (Phi) is 4.65. The number of nitrogens with zero attached hydrogens (tertiary/aromatic N) is 3. The minimum absolute atomic E-state index is 0.324. The predicted molar refractivity (Wildman–Crippen MR) is 106 cm³/mol. The minimum Gasteiger partial charge on any atom is -0.423 e. The van der Waals surface area contributed by atoms with Crippen molar-refractivity contribution < 1.29 is 4.42 Å². The van der Waals surface area contributed by atoms with Crippen LogP contribution >= 0.6 is 23.1 Å². The van der Waals surface area contributed by atoms with E-state index >= 15 is 0 Å². The van der Waals surface area contributed by atoms with Crippen LogP contribution in [-0.4, -0.2) is 14.8 Å². The highest BCUT2D eigenvalue weighted by Gasteiger charge is 2.15. The van der Waals surface area contributed by atoms with Crippen molar-refractivity contribution in [3.8, 4) is 10.7 Å². The fourth-order valence-corrected chi connectivity index (χ4v) is 4.58. The molecule has 5 nitrogen and oxygen atoms in total. The third-order valence-electron chi connectivity index (χ3n) is 4.12. The fraction of sp³-hybridized carbons (Fsp3) is 0.211. The highest BCUT2D eigenvalue weighted by atomic mass is 32.2. The maximum Gasteiger partial charge on any atom is 0.336 e. The monoisotopic (exact) mass is 383 g/mol. The van der Waals surface area contributed by atoms with E-state index in [2.05, 4.69) is 21.7 Å². The van der Waals surface area contributed by atoms with Gasteiger partial charge in [0.25, 0.3) is 0 Å². The van der Waals surface area contributed by atoms with Gasteiger partial charge in [-0.1, -0.05) is 30.0 Å². The normalized spacial score (nSPS) is 11.3. The Labute approximate surface area is 158 Å². The third kappa shape index (κ3) is 3.20. The number of benzene rings is 1. The molecule has 4 rings (SSSR count). The first-order chi connectivity index (χ1) is 12.7. The van der Waals surface area contributed by atoms with Crippen LogP contribution in [0.5, 0.6) is 0 Å². The van der Waals surface area contributed by atoms with E-state index in [-0.39, 0.29) is 5.63 Å². The Morgan fingerprint density at radius 3 is 2.88 bits per heavy atom. The topological polar surface area (TPSA) is 60.9 Å². The average Bonchev–Trinajstić information content (AvgIpc) is 3.28. The van der Waals surface area contributed by atoms with Gasteiger partial charge in [0.15, 0.2) is 11.0 Å². The van der Waals surface area contributed by atoms with Gasteiger partial charge in [-0.15, -0.1) is 21.5 Å². The van der Waals surface area contributed by atoms with Crippen LogP contribution in [0.2, 0.25) is 0 Å². The van der Waals surface area contributed by atoms with Gasteiger partial charge in [0.2, 0.25) is 0 Å². The SMILES string of the molecule is CCn1c(SCc2cc(=O)oc3cc(C)ccc23)nnc1-c1cccs1. The zero-order chi connectivity index (χ0) is 18.1. The van der Waals surface area contributed by atoms with Crippen molar-refractivity contribution in [3.05, 3.63) is 63.3 Å². The summed E-state index contributed by atoms with van der Waals surface area (Å²) in [4.78, 5) is 13.0. The van der Waals surface area contributed by atoms with Crippen molar-refractivity contribution in [2.24, 2.45) is 0 Å². The van der Waals surface area contributed by atoms with E-state index in [0.717, 1.165) is 38.9 Å². The van der Waals surface area contributed by atoms with Gasteiger partial charge in [0.1, 0.15) is 5.58 Å². The molecule has 26 heavy (non-hydrogen) atoms. The van der Waals surface area contributed by atoms with Crippen LogP contribution in [0.15, 0.2) is 56.1 Å². The number of thioether (sulfide) groups is 1. The highest BCUT2D eigenvalue weighted by Crippen LogP contribution is 2.30. The standard InChI is InChI=1S/C19H17N3O2S2/c1-3-22-18(16-5-4-8-25-16)20-21-19(22)26-11-13-10-17(23)24-15-9-12(2)6-7-14(13)15/h4-10H,3,11H2,1-2H3. The molecule has 0 saturated heterocycles. The molecule has 0 radical (unpaired) electrons. The van der Waals surface area contributed by atoms with E-state index in [1.807, 2.05) is 42.6 Å². The Bertz CT molecular complexity index is 1110. The van der Waals surface area contributed by atoms with Crippen molar-refractivity contribution in [2.45, 2.75) is 31.3 Å². The Morgan fingerprint density at radius 2 is 2.12 bits per heavy atom. The number of hydrogen-bond donors (Lipinski definition) is 0. The Morgan fingerprint density at radius 1 is 1.23 bits per heavy atom. The summed E-state index contributed by atoms with van der Waals surface area (Å²) in [6.45, 7) is 4.86. The van der Waals surface area contributed by atoms with Crippen LogP contribution in [0.3, 0.4) is 0 Å². The lowest BCUT2D eigenvalue weighted by molar-refractivity contribution is 0.559. The van der Waals surface area contributed by atoms with Gasteiger partial charge in [-0.2, -0.15) is 0 Å². The summed E-state index contributed by atoms with van der Waals surface area (Å²) in [6.07, 6.45) is 0. The van der Waals surface area contributed by atoms with Gasteiger partial charge >= 0.3 is 5.63 Å². The van der Waals surface area contributed by atoms with E-state index in [4.69, 9.17) is 4.42 Å². The zero-order valence-corrected chi connectivity index (χ0v) is 16.1. The molecule has 0 bridgehead atoms.